The Labute approximate surface area is 172 Å². The van der Waals surface area contributed by atoms with Crippen LogP contribution in [0.4, 0.5) is 11.4 Å². The molecule has 0 saturated heterocycles. The van der Waals surface area contributed by atoms with Crippen molar-refractivity contribution in [1.29, 1.82) is 0 Å². The number of carbonyl (C=O) groups excluding carboxylic acids is 1. The molecule has 0 aliphatic rings. The molecule has 28 heavy (non-hydrogen) atoms. The van der Waals surface area contributed by atoms with Crippen LogP contribution < -0.4 is 15.8 Å². The molecule has 2 aromatic heterocycles. The van der Waals surface area contributed by atoms with E-state index in [2.05, 4.69) is 36.0 Å². The van der Waals surface area contributed by atoms with Crippen LogP contribution in [0.2, 0.25) is 0 Å². The second-order valence-electron chi connectivity index (χ2n) is 6.61. The molecule has 1 amide bonds. The molecule has 0 saturated carbocycles. The molecular formula is C20H24N4O2S2. The van der Waals surface area contributed by atoms with Crippen LogP contribution in [0.15, 0.2) is 46.7 Å². The molecule has 0 aliphatic carbocycles. The molecule has 0 radical (unpaired) electrons. The van der Waals surface area contributed by atoms with E-state index in [1.807, 2.05) is 29.6 Å². The molecule has 1 aromatic carbocycles. The zero-order chi connectivity index (χ0) is 20.1. The van der Waals surface area contributed by atoms with E-state index in [4.69, 9.17) is 0 Å². The van der Waals surface area contributed by atoms with Gasteiger partial charge in [0.15, 0.2) is 4.96 Å². The molecule has 0 atom stereocenters. The second kappa shape index (κ2) is 9.25. The average Bonchev–Trinajstić information content (AvgIpc) is 3.13. The molecule has 0 bridgehead atoms. The van der Waals surface area contributed by atoms with E-state index in [0.29, 0.717) is 28.2 Å². The molecule has 148 valence electrons. The normalized spacial score (nSPS) is 11.1. The van der Waals surface area contributed by atoms with E-state index < -0.39 is 0 Å². The first kappa shape index (κ1) is 20.4. The summed E-state index contributed by atoms with van der Waals surface area (Å²) in [6.45, 7) is 7.40. The number of thioether (sulfide) groups is 1. The minimum Gasteiger partial charge on any atom is -0.369 e. The highest BCUT2D eigenvalue weighted by Crippen LogP contribution is 2.20. The summed E-state index contributed by atoms with van der Waals surface area (Å²) in [5, 5.41) is 4.75. The highest BCUT2D eigenvalue weighted by Gasteiger charge is 2.09. The van der Waals surface area contributed by atoms with Crippen molar-refractivity contribution in [3.63, 3.8) is 0 Å². The van der Waals surface area contributed by atoms with Gasteiger partial charge in [-0.2, -0.15) is 0 Å². The average molecular weight is 417 g/mol. The summed E-state index contributed by atoms with van der Waals surface area (Å²) in [6, 6.07) is 9.86. The number of nitrogens with one attached hydrogen (secondary N) is 1. The quantitative estimate of drug-likeness (QED) is 0.604. The Morgan fingerprint density at radius 1 is 1.32 bits per heavy atom. The minimum absolute atomic E-state index is 0.0668. The van der Waals surface area contributed by atoms with E-state index in [9.17, 15) is 9.59 Å². The predicted octanol–water partition coefficient (Wildman–Crippen LogP) is 3.86. The Morgan fingerprint density at radius 3 is 2.75 bits per heavy atom. The maximum Gasteiger partial charge on any atom is 0.258 e. The van der Waals surface area contributed by atoms with Gasteiger partial charge in [0.1, 0.15) is 0 Å². The largest absolute Gasteiger partial charge is 0.369 e. The number of nitrogens with zero attached hydrogens (tertiary/aromatic N) is 3. The van der Waals surface area contributed by atoms with Crippen molar-refractivity contribution in [1.82, 2.24) is 9.38 Å². The standard InChI is InChI=1S/C20H24N4O2S2/c1-4-23(14(2)3)17-7-5-15(6-8-17)21-18(25)13-27-12-16-11-19(26)24-9-10-28-20(24)22-16/h5-11,14H,4,12-13H2,1-3H3,(H,21,25). The van der Waals surface area contributed by atoms with Gasteiger partial charge in [0.25, 0.3) is 5.56 Å². The number of thiazole rings is 1. The molecule has 2 heterocycles. The van der Waals surface area contributed by atoms with Crippen molar-refractivity contribution in [3.05, 3.63) is 58.0 Å². The lowest BCUT2D eigenvalue weighted by Crippen LogP contribution is -2.30. The van der Waals surface area contributed by atoms with E-state index >= 15 is 0 Å². The van der Waals surface area contributed by atoms with Crippen molar-refractivity contribution in [2.24, 2.45) is 0 Å². The fraction of sp³-hybridized carbons (Fsp3) is 0.350. The lowest BCUT2D eigenvalue weighted by molar-refractivity contribution is -0.113. The molecule has 0 unspecified atom stereocenters. The molecule has 3 rings (SSSR count). The van der Waals surface area contributed by atoms with Crippen LogP contribution in [0.3, 0.4) is 0 Å². The number of hydrogen-bond acceptors (Lipinski definition) is 6. The SMILES string of the molecule is CCN(c1ccc(NC(=O)CSCc2cc(=O)n3ccsc3n2)cc1)C(C)C. The lowest BCUT2D eigenvalue weighted by Gasteiger charge is -2.27. The first-order valence-electron chi connectivity index (χ1n) is 9.18. The summed E-state index contributed by atoms with van der Waals surface area (Å²) in [4.78, 5) is 31.6. The summed E-state index contributed by atoms with van der Waals surface area (Å²) >= 11 is 2.87. The van der Waals surface area contributed by atoms with Crippen LogP contribution in [0.1, 0.15) is 26.5 Å². The Balaban J connectivity index is 1.52. The first-order valence-corrected chi connectivity index (χ1v) is 11.2. The van der Waals surface area contributed by atoms with Crippen LogP contribution in [-0.4, -0.2) is 33.6 Å². The van der Waals surface area contributed by atoms with Gasteiger partial charge in [-0.3, -0.25) is 14.0 Å². The maximum absolute atomic E-state index is 12.2. The van der Waals surface area contributed by atoms with E-state index in [1.165, 1.54) is 33.6 Å². The van der Waals surface area contributed by atoms with Gasteiger partial charge in [0, 0.05) is 47.4 Å². The summed E-state index contributed by atoms with van der Waals surface area (Å²) < 4.78 is 1.52. The van der Waals surface area contributed by atoms with Gasteiger partial charge in [0.05, 0.1) is 11.4 Å². The van der Waals surface area contributed by atoms with Gasteiger partial charge in [-0.1, -0.05) is 0 Å². The lowest BCUT2D eigenvalue weighted by atomic mass is 10.2. The van der Waals surface area contributed by atoms with Crippen molar-refractivity contribution < 1.29 is 4.79 Å². The van der Waals surface area contributed by atoms with Gasteiger partial charge < -0.3 is 10.2 Å². The number of rotatable bonds is 8. The molecule has 0 fully saturated rings. The van der Waals surface area contributed by atoms with Crippen LogP contribution in [0.5, 0.6) is 0 Å². The zero-order valence-corrected chi connectivity index (χ0v) is 17.8. The number of amides is 1. The van der Waals surface area contributed by atoms with Crippen LogP contribution in [-0.2, 0) is 10.5 Å². The zero-order valence-electron chi connectivity index (χ0n) is 16.2. The molecule has 0 spiro atoms. The van der Waals surface area contributed by atoms with Gasteiger partial charge in [0.2, 0.25) is 5.91 Å². The van der Waals surface area contributed by atoms with Crippen molar-refractivity contribution in [2.45, 2.75) is 32.6 Å². The number of aromatic nitrogens is 2. The topological polar surface area (TPSA) is 66.7 Å². The molecule has 8 heteroatoms. The van der Waals surface area contributed by atoms with E-state index in [1.54, 1.807) is 6.20 Å². The molecule has 1 N–H and O–H groups in total. The highest BCUT2D eigenvalue weighted by atomic mass is 32.2. The van der Waals surface area contributed by atoms with Crippen molar-refractivity contribution >= 4 is 45.3 Å². The van der Waals surface area contributed by atoms with Gasteiger partial charge >= 0.3 is 0 Å². The smallest absolute Gasteiger partial charge is 0.258 e. The summed E-state index contributed by atoms with van der Waals surface area (Å²) in [7, 11) is 0. The number of benzene rings is 1. The summed E-state index contributed by atoms with van der Waals surface area (Å²) in [6.07, 6.45) is 1.71. The third kappa shape index (κ3) is 4.94. The Hall–Kier alpha value is -2.32. The van der Waals surface area contributed by atoms with Gasteiger partial charge in [-0.25, -0.2) is 4.98 Å². The Morgan fingerprint density at radius 2 is 2.07 bits per heavy atom. The number of carbonyl (C=O) groups is 1. The summed E-state index contributed by atoms with van der Waals surface area (Å²) in [5.74, 6) is 0.763. The first-order chi connectivity index (χ1) is 13.5. The van der Waals surface area contributed by atoms with Crippen LogP contribution in [0, 0.1) is 0 Å². The van der Waals surface area contributed by atoms with Gasteiger partial charge in [-0.15, -0.1) is 23.1 Å². The molecule has 3 aromatic rings. The number of anilines is 2. The summed E-state index contributed by atoms with van der Waals surface area (Å²) in [5.41, 5.74) is 2.54. The Kier molecular flexibility index (Phi) is 6.74. The molecular weight excluding hydrogens is 392 g/mol. The van der Waals surface area contributed by atoms with E-state index in [0.717, 1.165) is 17.9 Å². The Bertz CT molecular complexity index is 995. The van der Waals surface area contributed by atoms with Crippen molar-refractivity contribution in [2.75, 3.05) is 22.5 Å². The minimum atomic E-state index is -0.0890. The maximum atomic E-state index is 12.2. The number of fused-ring (bicyclic) bond motifs is 1. The van der Waals surface area contributed by atoms with E-state index in [-0.39, 0.29) is 11.5 Å². The van der Waals surface area contributed by atoms with Crippen LogP contribution >= 0.6 is 23.1 Å². The monoisotopic (exact) mass is 416 g/mol. The fourth-order valence-corrected chi connectivity index (χ4v) is 4.44. The van der Waals surface area contributed by atoms with Gasteiger partial charge in [-0.05, 0) is 45.0 Å². The highest BCUT2D eigenvalue weighted by molar-refractivity contribution is 7.99. The molecule has 6 nitrogen and oxygen atoms in total. The second-order valence-corrected chi connectivity index (χ2v) is 8.47. The third-order valence-electron chi connectivity index (χ3n) is 4.29. The van der Waals surface area contributed by atoms with Crippen LogP contribution in [0.25, 0.3) is 4.96 Å². The third-order valence-corrected chi connectivity index (χ3v) is 6.01. The number of hydrogen-bond donors (Lipinski definition) is 1. The molecule has 0 aliphatic heterocycles. The fourth-order valence-electron chi connectivity index (χ4n) is 2.99. The predicted molar refractivity (Wildman–Crippen MR) is 119 cm³/mol. The van der Waals surface area contributed by atoms with Crippen molar-refractivity contribution in [3.8, 4) is 0 Å².